The Labute approximate surface area is 154 Å². The Balaban J connectivity index is 1.45. The lowest BCUT2D eigenvalue weighted by atomic mass is 10.3. The van der Waals surface area contributed by atoms with Crippen molar-refractivity contribution in [1.29, 1.82) is 0 Å². The zero-order valence-corrected chi connectivity index (χ0v) is 14.9. The molecule has 3 aromatic rings. The molecule has 2 N–H and O–H groups in total. The molecule has 4 nitrogen and oxygen atoms in total. The quantitative estimate of drug-likeness (QED) is 0.508. The Hall–Kier alpha value is -3.14. The number of rotatable bonds is 9. The molecule has 0 atom stereocenters. The Morgan fingerprint density at radius 3 is 2.12 bits per heavy atom. The van der Waals surface area contributed by atoms with Crippen LogP contribution in [0.2, 0.25) is 0 Å². The first kappa shape index (κ1) is 17.7. The Morgan fingerprint density at radius 2 is 1.35 bits per heavy atom. The van der Waals surface area contributed by atoms with E-state index in [9.17, 15) is 0 Å². The third-order valence-electron chi connectivity index (χ3n) is 3.79. The first-order valence-electron chi connectivity index (χ1n) is 8.87. The fraction of sp³-hybridized carbons (Fsp3) is 0.182. The lowest BCUT2D eigenvalue weighted by Gasteiger charge is -2.13. The molecule has 0 spiro atoms. The van der Waals surface area contributed by atoms with Crippen LogP contribution in [0.5, 0.6) is 17.2 Å². The summed E-state index contributed by atoms with van der Waals surface area (Å²) in [5, 5.41) is 6.80. The highest BCUT2D eigenvalue weighted by Gasteiger charge is 2.01. The molecule has 26 heavy (non-hydrogen) atoms. The van der Waals surface area contributed by atoms with Crippen molar-refractivity contribution < 1.29 is 9.47 Å². The number of anilines is 2. The highest BCUT2D eigenvalue weighted by Crippen LogP contribution is 2.24. The van der Waals surface area contributed by atoms with E-state index in [2.05, 4.69) is 10.6 Å². The van der Waals surface area contributed by atoms with Crippen LogP contribution in [-0.4, -0.2) is 19.7 Å². The summed E-state index contributed by atoms with van der Waals surface area (Å²) in [6.45, 7) is 4.25. The van der Waals surface area contributed by atoms with Gasteiger partial charge in [-0.15, -0.1) is 0 Å². The van der Waals surface area contributed by atoms with Gasteiger partial charge in [-0.25, -0.2) is 0 Å². The molecule has 0 unspecified atom stereocenters. The third-order valence-corrected chi connectivity index (χ3v) is 3.79. The summed E-state index contributed by atoms with van der Waals surface area (Å²) in [4.78, 5) is 0. The van der Waals surface area contributed by atoms with Crippen molar-refractivity contribution in [3.05, 3.63) is 78.9 Å². The molecule has 134 valence electrons. The zero-order valence-electron chi connectivity index (χ0n) is 14.9. The first-order valence-corrected chi connectivity index (χ1v) is 8.87. The topological polar surface area (TPSA) is 42.5 Å². The van der Waals surface area contributed by atoms with Crippen molar-refractivity contribution in [1.82, 2.24) is 0 Å². The monoisotopic (exact) mass is 348 g/mol. The van der Waals surface area contributed by atoms with Crippen LogP contribution in [0, 0.1) is 0 Å². The van der Waals surface area contributed by atoms with Gasteiger partial charge in [-0.05, 0) is 55.5 Å². The highest BCUT2D eigenvalue weighted by atomic mass is 16.5. The van der Waals surface area contributed by atoms with Crippen LogP contribution < -0.4 is 20.1 Å². The summed E-state index contributed by atoms with van der Waals surface area (Å²) in [6.07, 6.45) is 0. The summed E-state index contributed by atoms with van der Waals surface area (Å²) in [6, 6.07) is 25.7. The van der Waals surface area contributed by atoms with E-state index in [4.69, 9.17) is 9.47 Å². The molecule has 0 radical (unpaired) electrons. The zero-order chi connectivity index (χ0) is 18.0. The predicted octanol–water partition coefficient (Wildman–Crippen LogP) is 5.40. The maximum Gasteiger partial charge on any atom is 0.142 e. The van der Waals surface area contributed by atoms with Gasteiger partial charge in [0.15, 0.2) is 0 Å². The predicted molar refractivity (Wildman–Crippen MR) is 108 cm³/mol. The molecule has 0 aliphatic heterocycles. The molecule has 0 aliphatic rings. The number of para-hydroxylation sites is 3. The maximum absolute atomic E-state index is 5.80. The van der Waals surface area contributed by atoms with Crippen LogP contribution in [0.4, 0.5) is 11.4 Å². The molecule has 0 aromatic heterocycles. The summed E-state index contributed by atoms with van der Waals surface area (Å²) in [7, 11) is 0. The fourth-order valence-electron chi connectivity index (χ4n) is 2.56. The Kier molecular flexibility index (Phi) is 6.37. The summed E-state index contributed by atoms with van der Waals surface area (Å²) in [5.74, 6) is 2.55. The maximum atomic E-state index is 5.80. The van der Waals surface area contributed by atoms with Gasteiger partial charge in [-0.3, -0.25) is 0 Å². The first-order chi connectivity index (χ1) is 12.8. The minimum atomic E-state index is 0.661. The van der Waals surface area contributed by atoms with Crippen molar-refractivity contribution in [2.45, 2.75) is 6.92 Å². The highest BCUT2D eigenvalue weighted by molar-refractivity contribution is 5.56. The second kappa shape index (κ2) is 9.37. The minimum absolute atomic E-state index is 0.661. The van der Waals surface area contributed by atoms with Gasteiger partial charge >= 0.3 is 0 Å². The molecule has 0 saturated carbocycles. The second-order valence-corrected chi connectivity index (χ2v) is 5.72. The molecule has 0 saturated heterocycles. The van der Waals surface area contributed by atoms with Gasteiger partial charge in [0.25, 0.3) is 0 Å². The van der Waals surface area contributed by atoms with E-state index in [1.165, 1.54) is 0 Å². The van der Waals surface area contributed by atoms with E-state index >= 15 is 0 Å². The number of nitrogens with one attached hydrogen (secondary N) is 2. The number of hydrogen-bond acceptors (Lipinski definition) is 4. The molecular formula is C22H24N2O2. The van der Waals surface area contributed by atoms with Gasteiger partial charge in [0.1, 0.15) is 17.2 Å². The lowest BCUT2D eigenvalue weighted by Crippen LogP contribution is -2.14. The van der Waals surface area contributed by atoms with E-state index in [1.54, 1.807) is 0 Å². The fourth-order valence-corrected chi connectivity index (χ4v) is 2.56. The van der Waals surface area contributed by atoms with Crippen LogP contribution in [0.15, 0.2) is 78.9 Å². The second-order valence-electron chi connectivity index (χ2n) is 5.72. The van der Waals surface area contributed by atoms with E-state index in [1.807, 2.05) is 85.8 Å². The SMILES string of the molecule is CCOc1ccccc1NCCNc1ccc(Oc2ccccc2)cc1. The molecule has 3 rings (SSSR count). The molecule has 0 aliphatic carbocycles. The molecule has 4 heteroatoms. The normalized spacial score (nSPS) is 10.2. The average molecular weight is 348 g/mol. The number of hydrogen-bond donors (Lipinski definition) is 2. The van der Waals surface area contributed by atoms with Crippen molar-refractivity contribution in [3.8, 4) is 17.2 Å². The molecule has 3 aromatic carbocycles. The molecule has 0 heterocycles. The molecule has 0 bridgehead atoms. The van der Waals surface area contributed by atoms with Crippen LogP contribution in [0.1, 0.15) is 6.92 Å². The third kappa shape index (κ3) is 5.18. The van der Waals surface area contributed by atoms with E-state index in [-0.39, 0.29) is 0 Å². The van der Waals surface area contributed by atoms with Gasteiger partial charge in [0.2, 0.25) is 0 Å². The van der Waals surface area contributed by atoms with Gasteiger partial charge in [-0.1, -0.05) is 30.3 Å². The van der Waals surface area contributed by atoms with Gasteiger partial charge in [-0.2, -0.15) is 0 Å². The van der Waals surface area contributed by atoms with Crippen LogP contribution in [-0.2, 0) is 0 Å². The largest absolute Gasteiger partial charge is 0.492 e. The summed E-state index contributed by atoms with van der Waals surface area (Å²) in [5.41, 5.74) is 2.08. The number of benzene rings is 3. The van der Waals surface area contributed by atoms with E-state index in [0.29, 0.717) is 6.61 Å². The lowest BCUT2D eigenvalue weighted by molar-refractivity contribution is 0.342. The van der Waals surface area contributed by atoms with Crippen molar-refractivity contribution >= 4 is 11.4 Å². The average Bonchev–Trinajstić information content (AvgIpc) is 2.69. The molecule has 0 amide bonds. The molecular weight excluding hydrogens is 324 g/mol. The molecule has 0 fully saturated rings. The standard InChI is InChI=1S/C22H24N2O2/c1-2-25-22-11-7-6-10-21(22)24-17-16-23-18-12-14-20(15-13-18)26-19-8-4-3-5-9-19/h3-15,23-24H,2,16-17H2,1H3. The van der Waals surface area contributed by atoms with Crippen molar-refractivity contribution in [3.63, 3.8) is 0 Å². The summed E-state index contributed by atoms with van der Waals surface area (Å²) < 4.78 is 11.4. The van der Waals surface area contributed by atoms with E-state index < -0.39 is 0 Å². The van der Waals surface area contributed by atoms with Gasteiger partial charge in [0.05, 0.1) is 12.3 Å². The smallest absolute Gasteiger partial charge is 0.142 e. The van der Waals surface area contributed by atoms with Crippen molar-refractivity contribution in [2.75, 3.05) is 30.3 Å². The van der Waals surface area contributed by atoms with Gasteiger partial charge < -0.3 is 20.1 Å². The Morgan fingerprint density at radius 1 is 0.692 bits per heavy atom. The van der Waals surface area contributed by atoms with Crippen molar-refractivity contribution in [2.24, 2.45) is 0 Å². The van der Waals surface area contributed by atoms with Gasteiger partial charge in [0, 0.05) is 18.8 Å². The van der Waals surface area contributed by atoms with Crippen LogP contribution in [0.3, 0.4) is 0 Å². The minimum Gasteiger partial charge on any atom is -0.492 e. The Bertz CT molecular complexity index is 789. The van der Waals surface area contributed by atoms with Crippen LogP contribution >= 0.6 is 0 Å². The van der Waals surface area contributed by atoms with E-state index in [0.717, 1.165) is 41.7 Å². The summed E-state index contributed by atoms with van der Waals surface area (Å²) >= 11 is 0. The number of ether oxygens (including phenoxy) is 2. The van der Waals surface area contributed by atoms with Crippen LogP contribution in [0.25, 0.3) is 0 Å².